The Morgan fingerprint density at radius 2 is 1.47 bits per heavy atom. The van der Waals surface area contributed by atoms with Crippen molar-refractivity contribution in [1.29, 1.82) is 0 Å². The van der Waals surface area contributed by atoms with Gasteiger partial charge in [0.05, 0.1) is 6.61 Å². The number of ether oxygens (including phenoxy) is 3. The Balaban J connectivity index is 0.000000317. The molecule has 0 saturated carbocycles. The number of aliphatic hydroxyl groups is 1. The monoisotopic (exact) mass is 310 g/mol. The molecule has 2 fully saturated rings. The Morgan fingerprint density at radius 1 is 1.00 bits per heavy atom. The van der Waals surface area contributed by atoms with E-state index in [1.807, 2.05) is 0 Å². The van der Waals surface area contributed by atoms with Crippen LogP contribution in [0.5, 0.6) is 0 Å². The Bertz CT molecular complexity index is 150. The molecule has 2 aliphatic heterocycles. The SMILES string of the molecule is C1CCC(OC2CCCCO2)OC1.OCCBr. The van der Waals surface area contributed by atoms with Gasteiger partial charge in [0, 0.05) is 18.5 Å². The first-order valence-corrected chi connectivity index (χ1v) is 7.54. The summed E-state index contributed by atoms with van der Waals surface area (Å²) >= 11 is 3.00. The summed E-state index contributed by atoms with van der Waals surface area (Å²) in [5, 5.41) is 8.52. The third-order valence-electron chi connectivity index (χ3n) is 2.66. The van der Waals surface area contributed by atoms with Gasteiger partial charge in [-0.05, 0) is 38.5 Å². The van der Waals surface area contributed by atoms with Crippen molar-refractivity contribution in [2.75, 3.05) is 25.2 Å². The van der Waals surface area contributed by atoms with Gasteiger partial charge in [-0.1, -0.05) is 15.9 Å². The van der Waals surface area contributed by atoms with Crippen LogP contribution in [0.25, 0.3) is 0 Å². The van der Waals surface area contributed by atoms with Crippen LogP contribution in [0.15, 0.2) is 0 Å². The second-order valence-electron chi connectivity index (χ2n) is 4.14. The summed E-state index contributed by atoms with van der Waals surface area (Å²) in [7, 11) is 0. The van der Waals surface area contributed by atoms with Crippen molar-refractivity contribution in [2.45, 2.75) is 51.1 Å². The molecule has 2 saturated heterocycles. The van der Waals surface area contributed by atoms with Gasteiger partial charge in [-0.25, -0.2) is 0 Å². The Kier molecular flexibility index (Phi) is 9.28. The maximum Gasteiger partial charge on any atom is 0.160 e. The van der Waals surface area contributed by atoms with E-state index in [2.05, 4.69) is 15.9 Å². The molecular formula is C12H23BrO4. The van der Waals surface area contributed by atoms with Gasteiger partial charge >= 0.3 is 0 Å². The minimum atomic E-state index is -0.00292. The van der Waals surface area contributed by atoms with Crippen molar-refractivity contribution in [3.05, 3.63) is 0 Å². The lowest BCUT2D eigenvalue weighted by molar-refractivity contribution is -0.264. The summed E-state index contributed by atoms with van der Waals surface area (Å²) in [5.74, 6) is 0. The molecule has 0 spiro atoms. The molecule has 2 atom stereocenters. The standard InChI is InChI=1S/C10H18O3.C2H5BrO/c1-3-7-11-9(5-1)13-10-6-2-4-8-12-10;3-1-2-4/h9-10H,1-8H2;4H,1-2H2. The van der Waals surface area contributed by atoms with Crippen molar-refractivity contribution in [2.24, 2.45) is 0 Å². The fraction of sp³-hybridized carbons (Fsp3) is 1.00. The largest absolute Gasteiger partial charge is 0.396 e. The number of hydrogen-bond acceptors (Lipinski definition) is 4. The van der Waals surface area contributed by atoms with Crippen molar-refractivity contribution >= 4 is 15.9 Å². The highest BCUT2D eigenvalue weighted by Crippen LogP contribution is 2.20. The molecule has 2 unspecified atom stereocenters. The van der Waals surface area contributed by atoms with E-state index < -0.39 is 0 Å². The van der Waals surface area contributed by atoms with Gasteiger partial charge in [0.25, 0.3) is 0 Å². The van der Waals surface area contributed by atoms with Gasteiger partial charge in [-0.2, -0.15) is 0 Å². The molecule has 102 valence electrons. The maximum absolute atomic E-state index is 7.83. The summed E-state index contributed by atoms with van der Waals surface area (Å²) in [4.78, 5) is 0. The summed E-state index contributed by atoms with van der Waals surface area (Å²) in [6, 6.07) is 0. The number of aliphatic hydroxyl groups excluding tert-OH is 1. The van der Waals surface area contributed by atoms with Crippen LogP contribution in [-0.4, -0.2) is 42.8 Å². The number of rotatable bonds is 3. The van der Waals surface area contributed by atoms with Crippen molar-refractivity contribution < 1.29 is 19.3 Å². The zero-order chi connectivity index (χ0) is 12.3. The molecule has 1 N–H and O–H groups in total. The Labute approximate surface area is 112 Å². The highest BCUT2D eigenvalue weighted by atomic mass is 79.9. The second-order valence-corrected chi connectivity index (χ2v) is 4.93. The molecule has 0 radical (unpaired) electrons. The molecule has 0 aromatic rings. The molecule has 2 heterocycles. The number of hydrogen-bond donors (Lipinski definition) is 1. The molecule has 0 aliphatic carbocycles. The van der Waals surface area contributed by atoms with Crippen LogP contribution in [0.4, 0.5) is 0 Å². The topological polar surface area (TPSA) is 47.9 Å². The molecule has 2 rings (SSSR count). The van der Waals surface area contributed by atoms with Gasteiger partial charge < -0.3 is 19.3 Å². The average molecular weight is 311 g/mol. The van der Waals surface area contributed by atoms with Crippen LogP contribution >= 0.6 is 15.9 Å². The highest BCUT2D eigenvalue weighted by molar-refractivity contribution is 9.09. The van der Waals surface area contributed by atoms with Crippen molar-refractivity contribution in [1.82, 2.24) is 0 Å². The van der Waals surface area contributed by atoms with Gasteiger partial charge in [-0.3, -0.25) is 0 Å². The van der Waals surface area contributed by atoms with E-state index in [0.717, 1.165) is 26.1 Å². The second kappa shape index (κ2) is 10.3. The molecule has 0 aromatic heterocycles. The van der Waals surface area contributed by atoms with E-state index in [1.54, 1.807) is 0 Å². The lowest BCUT2D eigenvalue weighted by Crippen LogP contribution is -2.31. The van der Waals surface area contributed by atoms with E-state index in [1.165, 1.54) is 25.7 Å². The molecule has 0 amide bonds. The average Bonchev–Trinajstić information content (AvgIpc) is 2.41. The van der Waals surface area contributed by atoms with E-state index >= 15 is 0 Å². The quantitative estimate of drug-likeness (QED) is 0.813. The highest BCUT2D eigenvalue weighted by Gasteiger charge is 2.21. The van der Waals surface area contributed by atoms with Crippen LogP contribution in [0, 0.1) is 0 Å². The van der Waals surface area contributed by atoms with Crippen molar-refractivity contribution in [3.63, 3.8) is 0 Å². The van der Waals surface area contributed by atoms with Crippen molar-refractivity contribution in [3.8, 4) is 0 Å². The first kappa shape index (κ1) is 15.4. The van der Waals surface area contributed by atoms with E-state index in [9.17, 15) is 0 Å². The summed E-state index contributed by atoms with van der Waals surface area (Å²) < 4.78 is 16.6. The minimum Gasteiger partial charge on any atom is -0.396 e. The fourth-order valence-corrected chi connectivity index (χ4v) is 1.81. The molecule has 5 heteroatoms. The first-order chi connectivity index (χ1) is 8.36. The normalized spacial score (nSPS) is 29.3. The van der Waals surface area contributed by atoms with E-state index in [0.29, 0.717) is 5.33 Å². The smallest absolute Gasteiger partial charge is 0.160 e. The molecule has 0 aromatic carbocycles. The summed E-state index contributed by atoms with van der Waals surface area (Å²) in [5.41, 5.74) is 0. The zero-order valence-electron chi connectivity index (χ0n) is 10.3. The third kappa shape index (κ3) is 7.36. The molecule has 4 nitrogen and oxygen atoms in total. The molecular weight excluding hydrogens is 288 g/mol. The summed E-state index contributed by atoms with van der Waals surface area (Å²) in [6.07, 6.45) is 6.83. The van der Waals surface area contributed by atoms with Crippen LogP contribution in [0.3, 0.4) is 0 Å². The number of halogens is 1. The predicted octanol–water partition coefficient (Wildman–Crippen LogP) is 2.43. The lowest BCUT2D eigenvalue weighted by Gasteiger charge is -2.29. The molecule has 2 aliphatic rings. The van der Waals surface area contributed by atoms with Crippen LogP contribution in [0.1, 0.15) is 38.5 Å². The first-order valence-electron chi connectivity index (χ1n) is 6.42. The third-order valence-corrected chi connectivity index (χ3v) is 3.02. The van der Waals surface area contributed by atoms with Gasteiger partial charge in [-0.15, -0.1) is 0 Å². The van der Waals surface area contributed by atoms with Gasteiger partial charge in [0.1, 0.15) is 0 Å². The van der Waals surface area contributed by atoms with Crippen LogP contribution < -0.4 is 0 Å². The summed E-state index contributed by atoms with van der Waals surface area (Å²) in [6.45, 7) is 1.93. The Hall–Kier alpha value is 0.320. The van der Waals surface area contributed by atoms with Gasteiger partial charge in [0.15, 0.2) is 12.6 Å². The van der Waals surface area contributed by atoms with E-state index in [-0.39, 0.29) is 19.2 Å². The molecule has 17 heavy (non-hydrogen) atoms. The van der Waals surface area contributed by atoms with Crippen LogP contribution in [0.2, 0.25) is 0 Å². The molecule has 0 bridgehead atoms. The lowest BCUT2D eigenvalue weighted by atomic mass is 10.2. The van der Waals surface area contributed by atoms with Gasteiger partial charge in [0.2, 0.25) is 0 Å². The predicted molar refractivity (Wildman–Crippen MR) is 69.1 cm³/mol. The zero-order valence-corrected chi connectivity index (χ0v) is 11.9. The number of alkyl halides is 1. The Morgan fingerprint density at radius 3 is 1.76 bits per heavy atom. The fourth-order valence-electron chi connectivity index (χ4n) is 1.81. The minimum absolute atomic E-state index is 0.00292. The van der Waals surface area contributed by atoms with E-state index in [4.69, 9.17) is 19.3 Å². The maximum atomic E-state index is 7.83. The van der Waals surface area contributed by atoms with Crippen LogP contribution in [-0.2, 0) is 14.2 Å².